The van der Waals surface area contributed by atoms with E-state index in [2.05, 4.69) is 16.0 Å². The van der Waals surface area contributed by atoms with E-state index in [1.54, 1.807) is 24.3 Å². The fraction of sp³-hybridized carbons (Fsp3) is 0.448. The van der Waals surface area contributed by atoms with Crippen LogP contribution in [0.25, 0.3) is 0 Å². The molecule has 0 radical (unpaired) electrons. The van der Waals surface area contributed by atoms with Crippen LogP contribution in [0, 0.1) is 0 Å². The Kier molecular flexibility index (Phi) is 12.8. The molecule has 2 aromatic carbocycles. The summed E-state index contributed by atoms with van der Waals surface area (Å²) in [5, 5.41) is 8.23. The molecule has 3 N–H and O–H groups in total. The van der Waals surface area contributed by atoms with Gasteiger partial charge in [0.05, 0.1) is 6.42 Å². The van der Waals surface area contributed by atoms with Crippen molar-refractivity contribution >= 4 is 29.6 Å². The fourth-order valence-electron chi connectivity index (χ4n) is 3.42. The monoisotopic (exact) mass is 525 g/mol. The average molecular weight is 526 g/mol. The van der Waals surface area contributed by atoms with Gasteiger partial charge in [0.25, 0.3) is 5.91 Å². The van der Waals surface area contributed by atoms with Crippen molar-refractivity contribution in [2.45, 2.75) is 71.5 Å². The van der Waals surface area contributed by atoms with Gasteiger partial charge in [-0.2, -0.15) is 0 Å². The minimum Gasteiger partial charge on any atom is -0.461 e. The first-order valence-corrected chi connectivity index (χ1v) is 13.0. The first-order valence-electron chi connectivity index (χ1n) is 13.0. The van der Waals surface area contributed by atoms with Crippen LogP contribution in [0.3, 0.4) is 0 Å². The van der Waals surface area contributed by atoms with Crippen molar-refractivity contribution in [2.24, 2.45) is 0 Å². The molecule has 0 fully saturated rings. The van der Waals surface area contributed by atoms with Crippen LogP contribution in [-0.2, 0) is 25.7 Å². The third kappa shape index (κ3) is 13.4. The summed E-state index contributed by atoms with van der Waals surface area (Å²) in [6, 6.07) is 16.0. The zero-order chi connectivity index (χ0) is 27.8. The molecule has 9 nitrogen and oxygen atoms in total. The molecule has 0 aliphatic carbocycles. The predicted molar refractivity (Wildman–Crippen MR) is 146 cm³/mol. The number of hydrogen-bond acceptors (Lipinski definition) is 6. The number of anilines is 1. The Morgan fingerprint density at radius 1 is 0.789 bits per heavy atom. The maximum absolute atomic E-state index is 12.4. The Labute approximate surface area is 224 Å². The highest BCUT2D eigenvalue weighted by molar-refractivity contribution is 5.97. The highest BCUT2D eigenvalue weighted by atomic mass is 16.6. The van der Waals surface area contributed by atoms with Gasteiger partial charge in [0.15, 0.2) is 0 Å². The first-order chi connectivity index (χ1) is 18.1. The summed E-state index contributed by atoms with van der Waals surface area (Å²) in [5.41, 5.74) is 1.31. The number of rotatable bonds is 14. The zero-order valence-electron chi connectivity index (χ0n) is 22.5. The molecular weight excluding hydrogens is 486 g/mol. The quantitative estimate of drug-likeness (QED) is 0.237. The van der Waals surface area contributed by atoms with Crippen LogP contribution in [0.2, 0.25) is 0 Å². The molecule has 206 valence electrons. The van der Waals surface area contributed by atoms with E-state index in [4.69, 9.17) is 9.47 Å². The van der Waals surface area contributed by atoms with Gasteiger partial charge in [-0.15, -0.1) is 0 Å². The molecule has 0 spiro atoms. The number of nitrogens with one attached hydrogen (secondary N) is 3. The lowest BCUT2D eigenvalue weighted by atomic mass is 10.1. The van der Waals surface area contributed by atoms with Crippen molar-refractivity contribution in [3.63, 3.8) is 0 Å². The van der Waals surface area contributed by atoms with Crippen molar-refractivity contribution in [3.05, 3.63) is 65.7 Å². The molecule has 0 heterocycles. The molecular formula is C29H39N3O6. The van der Waals surface area contributed by atoms with Gasteiger partial charge in [-0.3, -0.25) is 14.4 Å². The molecule has 9 heteroatoms. The summed E-state index contributed by atoms with van der Waals surface area (Å²) >= 11 is 0. The Bertz CT molecular complexity index is 1050. The van der Waals surface area contributed by atoms with Crippen molar-refractivity contribution in [1.29, 1.82) is 0 Å². The highest BCUT2D eigenvalue weighted by Gasteiger charge is 2.15. The Hall–Kier alpha value is -3.88. The Morgan fingerprint density at radius 2 is 1.53 bits per heavy atom. The number of alkyl carbamates (subject to hydrolysis) is 1. The summed E-state index contributed by atoms with van der Waals surface area (Å²) < 4.78 is 10.4. The van der Waals surface area contributed by atoms with E-state index in [-0.39, 0.29) is 31.4 Å². The summed E-state index contributed by atoms with van der Waals surface area (Å²) in [4.78, 5) is 48.2. The number of esters is 1. The lowest BCUT2D eigenvalue weighted by Crippen LogP contribution is -2.32. The molecule has 0 unspecified atom stereocenters. The molecule has 0 aliphatic rings. The third-order valence-corrected chi connectivity index (χ3v) is 5.26. The number of carbonyl (C=O) groups excluding carboxylic acids is 4. The Balaban J connectivity index is 1.60. The van der Waals surface area contributed by atoms with E-state index in [0.29, 0.717) is 24.2 Å². The molecule has 3 amide bonds. The van der Waals surface area contributed by atoms with Crippen LogP contribution in [-0.4, -0.2) is 42.6 Å². The van der Waals surface area contributed by atoms with Crippen molar-refractivity contribution in [3.8, 4) is 0 Å². The van der Waals surface area contributed by atoms with Crippen LogP contribution < -0.4 is 16.0 Å². The van der Waals surface area contributed by atoms with Crippen molar-refractivity contribution < 1.29 is 28.7 Å². The molecule has 0 atom stereocenters. The lowest BCUT2D eigenvalue weighted by molar-refractivity contribution is -0.144. The second-order valence-corrected chi connectivity index (χ2v) is 9.87. The molecule has 0 saturated carbocycles. The van der Waals surface area contributed by atoms with Gasteiger partial charge in [-0.05, 0) is 57.4 Å². The van der Waals surface area contributed by atoms with E-state index in [1.165, 1.54) is 0 Å². The van der Waals surface area contributed by atoms with Crippen LogP contribution in [0.5, 0.6) is 0 Å². The topological polar surface area (TPSA) is 123 Å². The largest absolute Gasteiger partial charge is 0.461 e. The van der Waals surface area contributed by atoms with Gasteiger partial charge < -0.3 is 25.4 Å². The number of amides is 3. The van der Waals surface area contributed by atoms with Crippen molar-refractivity contribution in [2.75, 3.05) is 18.4 Å². The summed E-state index contributed by atoms with van der Waals surface area (Å²) in [7, 11) is 0. The molecule has 2 rings (SSSR count). The number of unbranched alkanes of at least 4 members (excludes halogenated alkanes) is 3. The van der Waals surface area contributed by atoms with Gasteiger partial charge in [-0.1, -0.05) is 49.2 Å². The van der Waals surface area contributed by atoms with Gasteiger partial charge >= 0.3 is 12.1 Å². The van der Waals surface area contributed by atoms with Gasteiger partial charge in [0.2, 0.25) is 5.91 Å². The first kappa shape index (κ1) is 30.3. The fourth-order valence-corrected chi connectivity index (χ4v) is 3.42. The van der Waals surface area contributed by atoms with Crippen LogP contribution >= 0.6 is 0 Å². The highest BCUT2D eigenvalue weighted by Crippen LogP contribution is 2.13. The summed E-state index contributed by atoms with van der Waals surface area (Å²) in [6.45, 7) is 6.33. The lowest BCUT2D eigenvalue weighted by Gasteiger charge is -2.19. The summed E-state index contributed by atoms with van der Waals surface area (Å²) in [5.74, 6) is -0.859. The van der Waals surface area contributed by atoms with Crippen molar-refractivity contribution in [1.82, 2.24) is 10.6 Å². The molecule has 0 aliphatic heterocycles. The minimum absolute atomic E-state index is 0.0616. The molecule has 2 aromatic rings. The molecule has 0 bridgehead atoms. The van der Waals surface area contributed by atoms with E-state index < -0.39 is 17.7 Å². The SMILES string of the molecule is CC(C)(C)OC(=O)NCCCCCCC(=O)Nc1cccc(C(=O)NCCC(=O)OCc2ccccc2)c1. The number of hydrogen-bond donors (Lipinski definition) is 3. The average Bonchev–Trinajstić information content (AvgIpc) is 2.86. The molecule has 0 aromatic heterocycles. The van der Waals surface area contributed by atoms with E-state index >= 15 is 0 Å². The maximum Gasteiger partial charge on any atom is 0.407 e. The second-order valence-electron chi connectivity index (χ2n) is 9.87. The third-order valence-electron chi connectivity index (χ3n) is 5.26. The van der Waals surface area contributed by atoms with Gasteiger partial charge in [-0.25, -0.2) is 4.79 Å². The van der Waals surface area contributed by atoms with Gasteiger partial charge in [0.1, 0.15) is 12.2 Å². The molecule has 38 heavy (non-hydrogen) atoms. The number of benzene rings is 2. The van der Waals surface area contributed by atoms with E-state index in [1.807, 2.05) is 51.1 Å². The minimum atomic E-state index is -0.515. The summed E-state index contributed by atoms with van der Waals surface area (Å²) in [6.07, 6.45) is 3.28. The van der Waals surface area contributed by atoms with Crippen LogP contribution in [0.4, 0.5) is 10.5 Å². The standard InChI is InChI=1S/C29H39N3O6/c1-29(2,3)38-28(36)31-18-10-5-4-9-16-25(33)32-24-15-11-14-23(20-24)27(35)30-19-17-26(34)37-21-22-12-7-6-8-13-22/h6-8,11-15,20H,4-5,9-10,16-19,21H2,1-3H3,(H,30,35)(H,31,36)(H,32,33). The predicted octanol–water partition coefficient (Wildman–Crippen LogP) is 4.96. The molecule has 0 saturated heterocycles. The zero-order valence-corrected chi connectivity index (χ0v) is 22.5. The maximum atomic E-state index is 12.4. The van der Waals surface area contributed by atoms with E-state index in [0.717, 1.165) is 31.2 Å². The number of carbonyl (C=O) groups is 4. The van der Waals surface area contributed by atoms with Crippen LogP contribution in [0.1, 0.15) is 75.2 Å². The van der Waals surface area contributed by atoms with E-state index in [9.17, 15) is 19.2 Å². The normalized spacial score (nSPS) is 10.8. The smallest absolute Gasteiger partial charge is 0.407 e. The Morgan fingerprint density at radius 3 is 2.26 bits per heavy atom. The van der Waals surface area contributed by atoms with Crippen LogP contribution in [0.15, 0.2) is 54.6 Å². The number of ether oxygens (including phenoxy) is 2. The second kappa shape index (κ2) is 16.1. The van der Waals surface area contributed by atoms with Gasteiger partial charge in [0, 0.05) is 30.8 Å².